The summed E-state index contributed by atoms with van der Waals surface area (Å²) in [6, 6.07) is 39.5. The van der Waals surface area contributed by atoms with Gasteiger partial charge in [-0.15, -0.1) is 65.4 Å². The topological polar surface area (TPSA) is 38.9 Å². The van der Waals surface area contributed by atoms with E-state index in [-0.39, 0.29) is 20.1 Å². The number of nitrogens with zero attached hydrogens (tertiary/aromatic N) is 2. The van der Waals surface area contributed by atoms with Crippen molar-refractivity contribution in [2.45, 2.75) is 33.6 Å². The Morgan fingerprint density at radius 2 is 1.54 bits per heavy atom. The third-order valence-electron chi connectivity index (χ3n) is 8.23. The zero-order valence-corrected chi connectivity index (χ0v) is 29.3. The predicted octanol–water partition coefficient (Wildman–Crippen LogP) is 11.6. The molecule has 0 N–H and O–H groups in total. The summed E-state index contributed by atoms with van der Waals surface area (Å²) in [5.74, 6) is 0.374. The second-order valence-corrected chi connectivity index (χ2v) is 12.5. The maximum absolute atomic E-state index is 6.52. The Morgan fingerprint density at radius 1 is 0.739 bits per heavy atom. The van der Waals surface area contributed by atoms with Gasteiger partial charge in [-0.3, -0.25) is 0 Å². The van der Waals surface area contributed by atoms with Crippen molar-refractivity contribution in [2.75, 3.05) is 0 Å². The van der Waals surface area contributed by atoms with Crippen LogP contribution in [0.4, 0.5) is 0 Å². The smallest absolute Gasteiger partial charge is 0.138 e. The van der Waals surface area contributed by atoms with Gasteiger partial charge >= 0.3 is 0 Å². The van der Waals surface area contributed by atoms with Crippen molar-refractivity contribution in [1.82, 2.24) is 9.97 Å². The summed E-state index contributed by atoms with van der Waals surface area (Å²) in [5.41, 5.74) is 12.0. The fourth-order valence-corrected chi connectivity index (χ4v) is 6.89. The van der Waals surface area contributed by atoms with E-state index in [1.54, 1.807) is 17.5 Å². The van der Waals surface area contributed by atoms with Crippen molar-refractivity contribution >= 4 is 43.4 Å². The molecule has 4 aromatic carbocycles. The summed E-state index contributed by atoms with van der Waals surface area (Å²) >= 11 is 1.72. The molecule has 0 aliphatic rings. The molecule has 46 heavy (non-hydrogen) atoms. The minimum atomic E-state index is 0. The van der Waals surface area contributed by atoms with Crippen LogP contribution in [0.25, 0.3) is 65.7 Å². The fraction of sp³-hybridized carbons (Fsp3) is 0.122. The van der Waals surface area contributed by atoms with E-state index in [9.17, 15) is 0 Å². The minimum Gasteiger partial charge on any atom is -0.499 e. The van der Waals surface area contributed by atoms with E-state index < -0.39 is 0 Å². The predicted molar refractivity (Wildman–Crippen MR) is 189 cm³/mol. The Bertz CT molecular complexity index is 2210. The van der Waals surface area contributed by atoms with Crippen molar-refractivity contribution in [3.8, 4) is 33.6 Å². The molecule has 4 heterocycles. The van der Waals surface area contributed by atoms with Crippen molar-refractivity contribution in [2.24, 2.45) is 0 Å². The molecule has 0 aliphatic carbocycles. The van der Waals surface area contributed by atoms with Gasteiger partial charge in [0.1, 0.15) is 5.58 Å². The Morgan fingerprint density at radius 3 is 2.28 bits per heavy atom. The summed E-state index contributed by atoms with van der Waals surface area (Å²) in [6.07, 6.45) is 3.82. The second-order valence-electron chi connectivity index (χ2n) is 11.5. The first-order chi connectivity index (χ1) is 22.0. The first-order valence-corrected chi connectivity index (χ1v) is 16.1. The summed E-state index contributed by atoms with van der Waals surface area (Å²) < 4.78 is 7.71. The Kier molecular flexibility index (Phi) is 9.28. The van der Waals surface area contributed by atoms with Gasteiger partial charge in [0.15, 0.2) is 0 Å². The molecule has 0 aliphatic heterocycles. The van der Waals surface area contributed by atoms with Crippen molar-refractivity contribution in [3.63, 3.8) is 0 Å². The number of aromatic nitrogens is 2. The van der Waals surface area contributed by atoms with Crippen molar-refractivity contribution in [1.29, 1.82) is 0 Å². The number of hydrogen-bond donors (Lipinski definition) is 0. The van der Waals surface area contributed by atoms with Crippen LogP contribution in [0.5, 0.6) is 0 Å². The Hall–Kier alpha value is -4.41. The van der Waals surface area contributed by atoms with Gasteiger partial charge < -0.3 is 14.4 Å². The molecule has 8 aromatic rings. The zero-order valence-electron chi connectivity index (χ0n) is 26.1. The third-order valence-corrected chi connectivity index (χ3v) is 9.16. The van der Waals surface area contributed by atoms with Crippen LogP contribution in [-0.2, 0) is 20.1 Å². The number of hydrogen-bond acceptors (Lipinski definition) is 4. The molecule has 0 fully saturated rings. The summed E-state index contributed by atoms with van der Waals surface area (Å²) in [4.78, 5) is 9.12. The van der Waals surface area contributed by atoms with E-state index in [1.165, 1.54) is 37.9 Å². The first-order valence-electron chi connectivity index (χ1n) is 15.2. The van der Waals surface area contributed by atoms with Gasteiger partial charge in [0.2, 0.25) is 0 Å². The average molecular weight is 793 g/mol. The molecule has 0 saturated carbocycles. The molecular formula is C41H32IrN2OS-2. The standard InChI is InChI=1S/C30H24NOS.C11H8N.Ir/c1-17(2)25-16-31-26(15-24(25)27-18(3)7-5-8-19(27)4)23-10-6-9-21-22-12-11-20-13-14-33-30(20)29(22)32-28(21)23;1-2-6-10(7-3-1)11-8-4-5-9-12-11;/h5-9,11-17H,1-4H3;1-6,8-9H;/q2*-1;. The number of benzene rings is 4. The molecule has 3 nitrogen and oxygen atoms in total. The quantitative estimate of drug-likeness (QED) is 0.167. The van der Waals surface area contributed by atoms with E-state index in [2.05, 4.69) is 98.7 Å². The summed E-state index contributed by atoms with van der Waals surface area (Å²) in [6.45, 7) is 8.83. The van der Waals surface area contributed by atoms with Crippen LogP contribution in [0, 0.1) is 26.0 Å². The van der Waals surface area contributed by atoms with Gasteiger partial charge in [0.25, 0.3) is 0 Å². The van der Waals surface area contributed by atoms with E-state index in [0.717, 1.165) is 44.5 Å². The number of fused-ring (bicyclic) bond motifs is 5. The van der Waals surface area contributed by atoms with Crippen LogP contribution in [-0.4, -0.2) is 9.97 Å². The van der Waals surface area contributed by atoms with Gasteiger partial charge in [-0.05, 0) is 81.9 Å². The van der Waals surface area contributed by atoms with Gasteiger partial charge in [-0.2, -0.15) is 0 Å². The Balaban J connectivity index is 0.000000241. The van der Waals surface area contributed by atoms with E-state index in [4.69, 9.17) is 9.40 Å². The van der Waals surface area contributed by atoms with Gasteiger partial charge in [0.05, 0.1) is 10.3 Å². The molecule has 8 rings (SSSR count). The largest absolute Gasteiger partial charge is 0.499 e. The fourth-order valence-electron chi connectivity index (χ4n) is 6.01. The first kappa shape index (κ1) is 31.6. The van der Waals surface area contributed by atoms with Gasteiger partial charge in [-0.1, -0.05) is 73.3 Å². The molecule has 0 saturated heterocycles. The second kappa shape index (κ2) is 13.5. The van der Waals surface area contributed by atoms with Gasteiger partial charge in [-0.25, -0.2) is 0 Å². The molecular weight excluding hydrogens is 761 g/mol. The summed E-state index contributed by atoms with van der Waals surface area (Å²) in [7, 11) is 0. The van der Waals surface area contributed by atoms with Crippen LogP contribution < -0.4 is 0 Å². The maximum atomic E-state index is 6.52. The molecule has 1 radical (unpaired) electrons. The Labute approximate surface area is 287 Å². The van der Waals surface area contributed by atoms with Gasteiger partial charge in [0, 0.05) is 37.9 Å². The molecule has 0 amide bonds. The molecule has 229 valence electrons. The van der Waals surface area contributed by atoms with Crippen LogP contribution in [0.1, 0.15) is 36.5 Å². The molecule has 0 spiro atoms. The normalized spacial score (nSPS) is 11.1. The summed E-state index contributed by atoms with van der Waals surface area (Å²) in [5, 5.41) is 5.59. The van der Waals surface area contributed by atoms with Crippen LogP contribution >= 0.6 is 11.3 Å². The van der Waals surface area contributed by atoms with Crippen LogP contribution in [0.15, 0.2) is 119 Å². The van der Waals surface area contributed by atoms with E-state index >= 15 is 0 Å². The number of rotatable bonds is 4. The number of furan rings is 1. The molecule has 0 bridgehead atoms. The van der Waals surface area contributed by atoms with Crippen molar-refractivity contribution < 1.29 is 24.5 Å². The molecule has 5 heteroatoms. The zero-order chi connectivity index (χ0) is 30.9. The minimum absolute atomic E-state index is 0. The van der Waals surface area contributed by atoms with Crippen LogP contribution in [0.2, 0.25) is 0 Å². The van der Waals surface area contributed by atoms with Crippen LogP contribution in [0.3, 0.4) is 0 Å². The molecule has 0 unspecified atom stereocenters. The van der Waals surface area contributed by atoms with Crippen molar-refractivity contribution in [3.05, 3.63) is 144 Å². The maximum Gasteiger partial charge on any atom is 0.138 e. The number of aryl methyl sites for hydroxylation is 2. The van der Waals surface area contributed by atoms with E-state index in [0.29, 0.717) is 5.92 Å². The average Bonchev–Trinajstić information content (AvgIpc) is 3.71. The number of pyridine rings is 2. The molecule has 0 atom stereocenters. The number of thiophene rings is 1. The van der Waals surface area contributed by atoms with E-state index in [1.807, 2.05) is 54.7 Å². The SMILES string of the molecule is Cc1cccc(C)c1-c1cc(-c2[c-]ccc3c2oc2c3ccc3ccsc32)ncc1C(C)C.[Ir].[c-]1ccccc1-c1ccccn1. The monoisotopic (exact) mass is 793 g/mol. The third kappa shape index (κ3) is 5.94. The molecule has 4 aromatic heterocycles.